The molecule has 0 radical (unpaired) electrons. The lowest BCUT2D eigenvalue weighted by Crippen LogP contribution is -2.54. The highest BCUT2D eigenvalue weighted by Gasteiger charge is 2.30. The zero-order valence-electron chi connectivity index (χ0n) is 15.9. The van der Waals surface area contributed by atoms with Gasteiger partial charge in [0.15, 0.2) is 0 Å². The minimum atomic E-state index is 0.136. The maximum Gasteiger partial charge on any atom is 0.320 e. The van der Waals surface area contributed by atoms with Crippen LogP contribution in [0.2, 0.25) is 0 Å². The van der Waals surface area contributed by atoms with E-state index in [1.165, 1.54) is 19.3 Å². The average Bonchev–Trinajstić information content (AvgIpc) is 2.55. The molecule has 1 saturated heterocycles. The van der Waals surface area contributed by atoms with Crippen molar-refractivity contribution in [2.75, 3.05) is 13.1 Å². The number of urea groups is 1. The maximum atomic E-state index is 12.7. The molecule has 2 rings (SSSR count). The van der Waals surface area contributed by atoms with Gasteiger partial charge in [0.05, 0.1) is 0 Å². The number of carbonyl (C=O) groups excluding carboxylic acids is 2. The van der Waals surface area contributed by atoms with Gasteiger partial charge in [0.25, 0.3) is 0 Å². The molecule has 2 aliphatic rings. The molecule has 1 aliphatic carbocycles. The van der Waals surface area contributed by atoms with Crippen molar-refractivity contribution in [2.24, 2.45) is 5.92 Å². The van der Waals surface area contributed by atoms with Crippen LogP contribution >= 0.6 is 0 Å². The molecule has 5 nitrogen and oxygen atoms in total. The molecule has 0 unspecified atom stereocenters. The number of nitrogens with one attached hydrogen (secondary N) is 1. The number of carbonyl (C=O) groups is 2. The Balaban J connectivity index is 1.80. The Kier molecular flexibility index (Phi) is 6.93. The van der Waals surface area contributed by atoms with Crippen molar-refractivity contribution in [1.82, 2.24) is 15.1 Å². The molecule has 24 heavy (non-hydrogen) atoms. The molecule has 3 amide bonds. The van der Waals surface area contributed by atoms with Crippen LogP contribution in [0.4, 0.5) is 4.79 Å². The Morgan fingerprint density at radius 2 is 1.46 bits per heavy atom. The third kappa shape index (κ3) is 4.87. The Labute approximate surface area is 147 Å². The fourth-order valence-electron chi connectivity index (χ4n) is 4.10. The van der Waals surface area contributed by atoms with E-state index in [-0.39, 0.29) is 36.0 Å². The van der Waals surface area contributed by atoms with Gasteiger partial charge >= 0.3 is 6.03 Å². The van der Waals surface area contributed by atoms with Gasteiger partial charge in [-0.25, -0.2) is 4.79 Å². The van der Waals surface area contributed by atoms with Crippen molar-refractivity contribution < 1.29 is 9.59 Å². The fourth-order valence-corrected chi connectivity index (χ4v) is 4.10. The summed E-state index contributed by atoms with van der Waals surface area (Å²) in [5.74, 6) is 0.459. The summed E-state index contributed by atoms with van der Waals surface area (Å²) in [6.07, 6.45) is 7.47. The van der Waals surface area contributed by atoms with Gasteiger partial charge in [0.1, 0.15) is 0 Å². The quantitative estimate of drug-likeness (QED) is 0.855. The lowest BCUT2D eigenvalue weighted by Gasteiger charge is -2.39. The molecule has 1 aliphatic heterocycles. The second-order valence-corrected chi connectivity index (χ2v) is 7.98. The molecule has 0 atom stereocenters. The lowest BCUT2D eigenvalue weighted by atomic mass is 9.88. The predicted octanol–water partition coefficient (Wildman–Crippen LogP) is 3.39. The first kappa shape index (κ1) is 19.1. The van der Waals surface area contributed by atoms with Crippen molar-refractivity contribution in [1.29, 1.82) is 0 Å². The highest BCUT2D eigenvalue weighted by Crippen LogP contribution is 2.24. The summed E-state index contributed by atoms with van der Waals surface area (Å²) in [5.41, 5.74) is 0. The van der Waals surface area contributed by atoms with Crippen LogP contribution in [-0.4, -0.2) is 53.0 Å². The molecule has 0 bridgehead atoms. The first-order valence-electron chi connectivity index (χ1n) is 9.77. The van der Waals surface area contributed by atoms with E-state index in [0.29, 0.717) is 0 Å². The van der Waals surface area contributed by atoms with Gasteiger partial charge < -0.3 is 15.1 Å². The number of hydrogen-bond donors (Lipinski definition) is 1. The van der Waals surface area contributed by atoms with Crippen molar-refractivity contribution in [3.63, 3.8) is 0 Å². The molecule has 138 valence electrons. The van der Waals surface area contributed by atoms with Gasteiger partial charge in [-0.2, -0.15) is 0 Å². The zero-order chi connectivity index (χ0) is 17.7. The van der Waals surface area contributed by atoms with Gasteiger partial charge in [0.2, 0.25) is 5.91 Å². The van der Waals surface area contributed by atoms with E-state index in [2.05, 4.69) is 33.0 Å². The molecule has 0 aromatic carbocycles. The monoisotopic (exact) mass is 337 g/mol. The summed E-state index contributed by atoms with van der Waals surface area (Å²) in [7, 11) is 0. The Bertz CT molecular complexity index is 414. The van der Waals surface area contributed by atoms with Crippen LogP contribution in [-0.2, 0) is 4.79 Å². The van der Waals surface area contributed by atoms with Crippen molar-refractivity contribution >= 4 is 11.9 Å². The number of amides is 3. The highest BCUT2D eigenvalue weighted by molar-refractivity contribution is 5.79. The number of rotatable bonds is 4. The second-order valence-electron chi connectivity index (χ2n) is 7.98. The van der Waals surface area contributed by atoms with Crippen LogP contribution in [0.25, 0.3) is 0 Å². The number of likely N-dealkylation sites (tertiary alicyclic amines) is 1. The lowest BCUT2D eigenvalue weighted by molar-refractivity contribution is -0.126. The maximum absolute atomic E-state index is 12.7. The average molecular weight is 338 g/mol. The van der Waals surface area contributed by atoms with Crippen LogP contribution in [0.15, 0.2) is 0 Å². The number of nitrogens with zero attached hydrogens (tertiary/aromatic N) is 2. The van der Waals surface area contributed by atoms with Gasteiger partial charge in [0, 0.05) is 37.1 Å². The van der Waals surface area contributed by atoms with Gasteiger partial charge in [-0.1, -0.05) is 19.3 Å². The van der Waals surface area contributed by atoms with Gasteiger partial charge in [-0.15, -0.1) is 0 Å². The standard InChI is InChI=1S/C19H35N3O2/c1-14(2)22(15(3)4)19(24)21-12-10-17(11-13-21)20-18(23)16-8-6-5-7-9-16/h14-17H,5-13H2,1-4H3,(H,20,23). The summed E-state index contributed by atoms with van der Waals surface area (Å²) in [6.45, 7) is 9.74. The van der Waals surface area contributed by atoms with Crippen LogP contribution in [0, 0.1) is 5.92 Å². The Morgan fingerprint density at radius 3 is 1.96 bits per heavy atom. The normalized spacial score (nSPS) is 20.5. The first-order valence-corrected chi connectivity index (χ1v) is 9.77. The van der Waals surface area contributed by atoms with E-state index in [1.807, 2.05) is 9.80 Å². The van der Waals surface area contributed by atoms with Crippen LogP contribution in [0.1, 0.15) is 72.6 Å². The van der Waals surface area contributed by atoms with E-state index in [1.54, 1.807) is 0 Å². The van der Waals surface area contributed by atoms with Crippen LogP contribution in [0.5, 0.6) is 0 Å². The molecular formula is C19H35N3O2. The Morgan fingerprint density at radius 1 is 0.917 bits per heavy atom. The zero-order valence-corrected chi connectivity index (χ0v) is 15.9. The summed E-state index contributed by atoms with van der Waals surface area (Å²) >= 11 is 0. The SMILES string of the molecule is CC(C)N(C(=O)N1CCC(NC(=O)C2CCCCC2)CC1)C(C)C. The largest absolute Gasteiger partial charge is 0.353 e. The molecule has 2 fully saturated rings. The van der Waals surface area contributed by atoms with Crippen molar-refractivity contribution in [3.8, 4) is 0 Å². The van der Waals surface area contributed by atoms with E-state index < -0.39 is 0 Å². The topological polar surface area (TPSA) is 52.7 Å². The molecule has 1 saturated carbocycles. The Hall–Kier alpha value is -1.26. The molecular weight excluding hydrogens is 302 g/mol. The molecule has 0 spiro atoms. The van der Waals surface area contributed by atoms with E-state index in [9.17, 15) is 9.59 Å². The number of piperidine rings is 1. The minimum absolute atomic E-state index is 0.136. The highest BCUT2D eigenvalue weighted by atomic mass is 16.2. The molecule has 0 aromatic heterocycles. The first-order chi connectivity index (χ1) is 11.4. The second kappa shape index (κ2) is 8.72. The van der Waals surface area contributed by atoms with Crippen molar-refractivity contribution in [3.05, 3.63) is 0 Å². The minimum Gasteiger partial charge on any atom is -0.353 e. The van der Waals surface area contributed by atoms with Gasteiger partial charge in [-0.05, 0) is 53.4 Å². The van der Waals surface area contributed by atoms with Gasteiger partial charge in [-0.3, -0.25) is 4.79 Å². The predicted molar refractivity (Wildman–Crippen MR) is 96.8 cm³/mol. The fraction of sp³-hybridized carbons (Fsp3) is 0.895. The van der Waals surface area contributed by atoms with Crippen LogP contribution in [0.3, 0.4) is 0 Å². The summed E-state index contributed by atoms with van der Waals surface area (Å²) in [6, 6.07) is 0.787. The number of hydrogen-bond acceptors (Lipinski definition) is 2. The summed E-state index contributed by atoms with van der Waals surface area (Å²) in [5, 5.41) is 3.23. The van der Waals surface area contributed by atoms with Crippen molar-refractivity contribution in [2.45, 2.75) is 90.8 Å². The van der Waals surface area contributed by atoms with E-state index in [4.69, 9.17) is 0 Å². The van der Waals surface area contributed by atoms with E-state index >= 15 is 0 Å². The third-order valence-electron chi connectivity index (χ3n) is 5.42. The smallest absolute Gasteiger partial charge is 0.320 e. The summed E-state index contributed by atoms with van der Waals surface area (Å²) < 4.78 is 0. The van der Waals surface area contributed by atoms with Crippen LogP contribution < -0.4 is 5.32 Å². The van der Waals surface area contributed by atoms with E-state index in [0.717, 1.165) is 38.8 Å². The molecule has 5 heteroatoms. The molecule has 0 aromatic rings. The summed E-state index contributed by atoms with van der Waals surface area (Å²) in [4.78, 5) is 29.0. The molecule has 1 N–H and O–H groups in total. The third-order valence-corrected chi connectivity index (χ3v) is 5.42. The molecule has 1 heterocycles.